The predicted octanol–water partition coefficient (Wildman–Crippen LogP) is 5.46. The highest BCUT2D eigenvalue weighted by atomic mass is 79.9. The van der Waals surface area contributed by atoms with Gasteiger partial charge in [-0.05, 0) is 37.5 Å². The number of halogens is 1. The maximum absolute atomic E-state index is 13.0. The van der Waals surface area contributed by atoms with Crippen LogP contribution in [-0.4, -0.2) is 31.7 Å². The van der Waals surface area contributed by atoms with Gasteiger partial charge in [-0.1, -0.05) is 57.9 Å². The second-order valence-electron chi connectivity index (χ2n) is 7.39. The van der Waals surface area contributed by atoms with E-state index < -0.39 is 9.84 Å². The lowest BCUT2D eigenvalue weighted by Crippen LogP contribution is -2.39. The number of nitrogens with zero attached hydrogens (tertiary/aromatic N) is 2. The summed E-state index contributed by atoms with van der Waals surface area (Å²) in [6.45, 7) is 3.50. The minimum Gasteiger partial charge on any atom is -0.348 e. The number of alkyl halides is 1. The van der Waals surface area contributed by atoms with E-state index in [1.54, 1.807) is 23.5 Å². The predicted molar refractivity (Wildman–Crippen MR) is 124 cm³/mol. The second kappa shape index (κ2) is 8.58. The first-order valence-electron chi connectivity index (χ1n) is 9.63. The number of hydrogen-bond donors (Lipinski definition) is 0. The molecule has 1 aliphatic rings. The minimum absolute atomic E-state index is 0.329. The number of thiazole rings is 1. The van der Waals surface area contributed by atoms with Crippen LogP contribution in [0.5, 0.6) is 0 Å². The fourth-order valence-corrected chi connectivity index (χ4v) is 6.58. The van der Waals surface area contributed by atoms with Gasteiger partial charge in [0, 0.05) is 29.4 Å². The van der Waals surface area contributed by atoms with E-state index in [4.69, 9.17) is 4.98 Å². The van der Waals surface area contributed by atoms with Crippen LogP contribution < -0.4 is 4.90 Å². The summed E-state index contributed by atoms with van der Waals surface area (Å²) < 4.78 is 26.0. The standard InChI is InChI=1S/C22H23BrN2O2S2/c1-16-2-6-18(7-3-16)21-15-28-22(24-21)25-12-10-20(11-13-25)29(26,27)19-8-4-17(14-23)5-9-19/h2-9,15,20H,10-14H2,1H3. The summed E-state index contributed by atoms with van der Waals surface area (Å²) in [4.78, 5) is 7.43. The van der Waals surface area contributed by atoms with Crippen LogP contribution in [0.1, 0.15) is 24.0 Å². The molecular weight excluding hydrogens is 468 g/mol. The molecule has 0 N–H and O–H groups in total. The maximum atomic E-state index is 13.0. The number of anilines is 1. The van der Waals surface area contributed by atoms with E-state index in [1.165, 1.54) is 5.56 Å². The molecular formula is C22H23BrN2O2S2. The van der Waals surface area contributed by atoms with Gasteiger partial charge in [-0.15, -0.1) is 11.3 Å². The Balaban J connectivity index is 1.43. The normalized spacial score (nSPS) is 15.6. The number of sulfone groups is 1. The Labute approximate surface area is 184 Å². The first-order valence-corrected chi connectivity index (χ1v) is 13.2. The molecule has 2 aromatic carbocycles. The van der Waals surface area contributed by atoms with Crippen molar-refractivity contribution in [3.63, 3.8) is 0 Å². The zero-order valence-corrected chi connectivity index (χ0v) is 19.4. The maximum Gasteiger partial charge on any atom is 0.185 e. The van der Waals surface area contributed by atoms with Crippen LogP contribution in [0.4, 0.5) is 5.13 Å². The van der Waals surface area contributed by atoms with Crippen LogP contribution in [0.15, 0.2) is 58.8 Å². The highest BCUT2D eigenvalue weighted by molar-refractivity contribution is 9.08. The van der Waals surface area contributed by atoms with Crippen molar-refractivity contribution in [2.75, 3.05) is 18.0 Å². The van der Waals surface area contributed by atoms with Gasteiger partial charge in [0.05, 0.1) is 15.8 Å². The second-order valence-corrected chi connectivity index (χ2v) is 11.0. The fourth-order valence-electron chi connectivity index (χ4n) is 3.58. The van der Waals surface area contributed by atoms with Crippen molar-refractivity contribution in [1.29, 1.82) is 0 Å². The van der Waals surface area contributed by atoms with Crippen LogP contribution >= 0.6 is 27.3 Å². The molecule has 0 unspecified atom stereocenters. The summed E-state index contributed by atoms with van der Waals surface area (Å²) >= 11 is 5.02. The number of aromatic nitrogens is 1. The van der Waals surface area contributed by atoms with E-state index in [2.05, 4.69) is 57.4 Å². The molecule has 0 bridgehead atoms. The molecule has 0 amide bonds. The van der Waals surface area contributed by atoms with Crippen molar-refractivity contribution in [2.24, 2.45) is 0 Å². The molecule has 1 aliphatic heterocycles. The van der Waals surface area contributed by atoms with Crippen LogP contribution in [0, 0.1) is 6.92 Å². The van der Waals surface area contributed by atoms with Crippen LogP contribution in [-0.2, 0) is 15.2 Å². The van der Waals surface area contributed by atoms with Crippen molar-refractivity contribution < 1.29 is 8.42 Å². The van der Waals surface area contributed by atoms with Crippen LogP contribution in [0.3, 0.4) is 0 Å². The number of benzene rings is 2. The van der Waals surface area contributed by atoms with Gasteiger partial charge in [0.1, 0.15) is 0 Å². The highest BCUT2D eigenvalue weighted by Crippen LogP contribution is 2.32. The van der Waals surface area contributed by atoms with Crippen molar-refractivity contribution in [3.05, 3.63) is 65.0 Å². The van der Waals surface area contributed by atoms with Gasteiger partial charge >= 0.3 is 0 Å². The van der Waals surface area contributed by atoms with E-state index in [0.717, 1.165) is 27.3 Å². The molecule has 4 rings (SSSR count). The van der Waals surface area contributed by atoms with Gasteiger partial charge in [0.15, 0.2) is 15.0 Å². The molecule has 0 radical (unpaired) electrons. The molecule has 2 heterocycles. The molecule has 0 aliphatic carbocycles. The quantitative estimate of drug-likeness (QED) is 0.445. The molecule has 1 fully saturated rings. The van der Waals surface area contributed by atoms with E-state index >= 15 is 0 Å². The average Bonchev–Trinajstić information content (AvgIpc) is 3.24. The molecule has 0 saturated carbocycles. The summed E-state index contributed by atoms with van der Waals surface area (Å²) in [6.07, 6.45) is 1.25. The summed E-state index contributed by atoms with van der Waals surface area (Å²) in [7, 11) is -3.29. The Kier molecular flexibility index (Phi) is 6.08. The van der Waals surface area contributed by atoms with Gasteiger partial charge in [-0.25, -0.2) is 13.4 Å². The molecule has 1 aromatic heterocycles. The molecule has 0 atom stereocenters. The zero-order chi connectivity index (χ0) is 20.4. The molecule has 152 valence electrons. The van der Waals surface area contributed by atoms with Crippen LogP contribution in [0.25, 0.3) is 11.3 Å². The molecule has 29 heavy (non-hydrogen) atoms. The fraction of sp³-hybridized carbons (Fsp3) is 0.318. The van der Waals surface area contributed by atoms with Gasteiger partial charge in [0.25, 0.3) is 0 Å². The molecule has 4 nitrogen and oxygen atoms in total. The third kappa shape index (κ3) is 4.42. The number of aryl methyl sites for hydroxylation is 1. The van der Waals surface area contributed by atoms with Gasteiger partial charge in [-0.3, -0.25) is 0 Å². The van der Waals surface area contributed by atoms with Crippen molar-refractivity contribution >= 4 is 42.2 Å². The van der Waals surface area contributed by atoms with Crippen molar-refractivity contribution in [1.82, 2.24) is 4.98 Å². The Morgan fingerprint density at radius 3 is 2.34 bits per heavy atom. The lowest BCUT2D eigenvalue weighted by Gasteiger charge is -2.31. The van der Waals surface area contributed by atoms with Crippen molar-refractivity contribution in [3.8, 4) is 11.3 Å². The average molecular weight is 491 g/mol. The monoisotopic (exact) mass is 490 g/mol. The number of rotatable bonds is 5. The minimum atomic E-state index is -3.29. The van der Waals surface area contributed by atoms with E-state index in [9.17, 15) is 8.42 Å². The Hall–Kier alpha value is -1.70. The lowest BCUT2D eigenvalue weighted by atomic mass is 10.1. The molecule has 7 heteroatoms. The largest absolute Gasteiger partial charge is 0.348 e. The van der Waals surface area contributed by atoms with E-state index in [0.29, 0.717) is 30.8 Å². The third-order valence-corrected chi connectivity index (χ3v) is 9.22. The van der Waals surface area contributed by atoms with Crippen LogP contribution in [0.2, 0.25) is 0 Å². The molecule has 1 saturated heterocycles. The summed E-state index contributed by atoms with van der Waals surface area (Å²) in [5, 5.41) is 3.45. The molecule has 0 spiro atoms. The Morgan fingerprint density at radius 1 is 1.07 bits per heavy atom. The molecule has 3 aromatic rings. The summed E-state index contributed by atoms with van der Waals surface area (Å²) in [6, 6.07) is 15.6. The summed E-state index contributed by atoms with van der Waals surface area (Å²) in [5.41, 5.74) is 4.40. The first kappa shape index (κ1) is 20.6. The van der Waals surface area contributed by atoms with Gasteiger partial charge in [-0.2, -0.15) is 0 Å². The Morgan fingerprint density at radius 2 is 1.72 bits per heavy atom. The lowest BCUT2D eigenvalue weighted by molar-refractivity contribution is 0.529. The number of hydrogen-bond acceptors (Lipinski definition) is 5. The zero-order valence-electron chi connectivity index (χ0n) is 16.2. The van der Waals surface area contributed by atoms with Gasteiger partial charge < -0.3 is 4.90 Å². The first-order chi connectivity index (χ1) is 14.0. The van der Waals surface area contributed by atoms with Crippen molar-refractivity contribution in [2.45, 2.75) is 35.2 Å². The third-order valence-electron chi connectivity index (χ3n) is 5.40. The van der Waals surface area contributed by atoms with Gasteiger partial charge in [0.2, 0.25) is 0 Å². The SMILES string of the molecule is Cc1ccc(-c2csc(N3CCC(S(=O)(=O)c4ccc(CBr)cc4)CC3)n2)cc1. The topological polar surface area (TPSA) is 50.3 Å². The van der Waals surface area contributed by atoms with E-state index in [1.807, 2.05) is 12.1 Å². The smallest absolute Gasteiger partial charge is 0.185 e. The van der Waals surface area contributed by atoms with E-state index in [-0.39, 0.29) is 5.25 Å². The summed E-state index contributed by atoms with van der Waals surface area (Å²) in [5.74, 6) is 0. The number of piperidine rings is 1. The highest BCUT2D eigenvalue weighted by Gasteiger charge is 2.32. The Bertz CT molecular complexity index is 1070.